The predicted octanol–water partition coefficient (Wildman–Crippen LogP) is 3.26. The van der Waals surface area contributed by atoms with Crippen molar-refractivity contribution in [3.63, 3.8) is 0 Å². The van der Waals surface area contributed by atoms with E-state index in [1.165, 1.54) is 0 Å². The molecule has 1 aromatic carbocycles. The molecular formula is C16H22Cl2N4. The molecule has 1 saturated heterocycles. The van der Waals surface area contributed by atoms with Crippen LogP contribution >= 0.6 is 23.2 Å². The van der Waals surface area contributed by atoms with Crippen LogP contribution in [0.3, 0.4) is 0 Å². The number of nitrogens with one attached hydrogen (secondary N) is 1. The van der Waals surface area contributed by atoms with Crippen LogP contribution in [-0.4, -0.2) is 31.9 Å². The van der Waals surface area contributed by atoms with Crippen molar-refractivity contribution in [3.8, 4) is 0 Å². The summed E-state index contributed by atoms with van der Waals surface area (Å²) in [6, 6.07) is 3.94. The van der Waals surface area contributed by atoms with E-state index in [-0.39, 0.29) is 5.41 Å². The van der Waals surface area contributed by atoms with Crippen molar-refractivity contribution < 1.29 is 0 Å². The van der Waals surface area contributed by atoms with Crippen molar-refractivity contribution in [2.75, 3.05) is 31.1 Å². The van der Waals surface area contributed by atoms with Crippen molar-refractivity contribution in [1.29, 1.82) is 0 Å². The maximum Gasteiger partial charge on any atom is 0.0729 e. The molecule has 1 fully saturated rings. The van der Waals surface area contributed by atoms with Gasteiger partial charge in [0.1, 0.15) is 0 Å². The minimum Gasteiger partial charge on any atom is -0.371 e. The second kappa shape index (κ2) is 6.26. The molecule has 2 aliphatic heterocycles. The molecule has 0 spiro atoms. The molecule has 0 atom stereocenters. The Hall–Kier alpha value is -0.970. The fourth-order valence-electron chi connectivity index (χ4n) is 3.13. The third-order valence-corrected chi connectivity index (χ3v) is 5.66. The molecule has 0 amide bonds. The second-order valence-corrected chi connectivity index (χ2v) is 7.26. The lowest BCUT2D eigenvalue weighted by atomic mass is 9.80. The molecule has 0 radical (unpaired) electrons. The monoisotopic (exact) mass is 340 g/mol. The topological polar surface area (TPSA) is 53.6 Å². The first kappa shape index (κ1) is 15.9. The van der Waals surface area contributed by atoms with Crippen LogP contribution in [0.4, 0.5) is 5.69 Å². The van der Waals surface area contributed by atoms with E-state index in [2.05, 4.69) is 28.4 Å². The van der Waals surface area contributed by atoms with E-state index in [1.54, 1.807) is 0 Å². The number of rotatable bonds is 3. The SMILES string of the molecule is CC1(CN)CCN(c2ccc(Cl)c(Cl)c2C2=NNCC2)CC1. The highest BCUT2D eigenvalue weighted by Gasteiger charge is 2.31. The summed E-state index contributed by atoms with van der Waals surface area (Å²) < 4.78 is 0. The van der Waals surface area contributed by atoms with E-state index in [9.17, 15) is 0 Å². The van der Waals surface area contributed by atoms with Crippen molar-refractivity contribution in [1.82, 2.24) is 5.43 Å². The van der Waals surface area contributed by atoms with Gasteiger partial charge in [-0.25, -0.2) is 0 Å². The van der Waals surface area contributed by atoms with Gasteiger partial charge in [-0.2, -0.15) is 5.10 Å². The van der Waals surface area contributed by atoms with Gasteiger partial charge in [-0.15, -0.1) is 0 Å². The van der Waals surface area contributed by atoms with Crippen molar-refractivity contribution in [3.05, 3.63) is 27.7 Å². The highest BCUT2D eigenvalue weighted by atomic mass is 35.5. The first-order valence-corrected chi connectivity index (χ1v) is 8.52. The molecule has 0 aliphatic carbocycles. The molecule has 2 aliphatic rings. The van der Waals surface area contributed by atoms with Crippen molar-refractivity contribution in [2.45, 2.75) is 26.2 Å². The number of nitrogens with two attached hydrogens (primary N) is 1. The minimum atomic E-state index is 0.249. The normalized spacial score (nSPS) is 20.7. The Morgan fingerprint density at radius 2 is 2.05 bits per heavy atom. The first-order chi connectivity index (χ1) is 10.5. The molecule has 2 heterocycles. The summed E-state index contributed by atoms with van der Waals surface area (Å²) in [5, 5.41) is 5.57. The summed E-state index contributed by atoms with van der Waals surface area (Å²) >= 11 is 12.7. The van der Waals surface area contributed by atoms with Crippen LogP contribution in [0.25, 0.3) is 0 Å². The number of halogens is 2. The average molecular weight is 341 g/mol. The lowest BCUT2D eigenvalue weighted by molar-refractivity contribution is 0.258. The van der Waals surface area contributed by atoms with E-state index in [4.69, 9.17) is 28.9 Å². The van der Waals surface area contributed by atoms with Gasteiger partial charge in [-0.1, -0.05) is 30.1 Å². The Kier molecular flexibility index (Phi) is 4.53. The van der Waals surface area contributed by atoms with Gasteiger partial charge in [0.05, 0.1) is 15.8 Å². The maximum absolute atomic E-state index is 6.49. The van der Waals surface area contributed by atoms with Gasteiger partial charge < -0.3 is 16.1 Å². The number of hydrogen-bond acceptors (Lipinski definition) is 4. The lowest BCUT2D eigenvalue weighted by Gasteiger charge is -2.40. The van der Waals surface area contributed by atoms with E-state index in [1.807, 2.05) is 6.07 Å². The third-order valence-electron chi connectivity index (χ3n) is 4.85. The Morgan fingerprint density at radius 3 is 2.64 bits per heavy atom. The third kappa shape index (κ3) is 2.92. The van der Waals surface area contributed by atoms with Crippen LogP contribution in [0.1, 0.15) is 31.7 Å². The maximum atomic E-state index is 6.49. The van der Waals surface area contributed by atoms with Crippen LogP contribution < -0.4 is 16.1 Å². The number of hydrazone groups is 1. The number of hydrogen-bond donors (Lipinski definition) is 2. The van der Waals surface area contributed by atoms with Gasteiger partial charge in [0, 0.05) is 37.3 Å². The van der Waals surface area contributed by atoms with Gasteiger partial charge in [0.15, 0.2) is 0 Å². The Morgan fingerprint density at radius 1 is 1.32 bits per heavy atom. The fourth-order valence-corrected chi connectivity index (χ4v) is 3.56. The molecule has 3 rings (SSSR count). The van der Waals surface area contributed by atoms with Gasteiger partial charge in [-0.3, -0.25) is 0 Å². The summed E-state index contributed by atoms with van der Waals surface area (Å²) in [6.07, 6.45) is 3.06. The quantitative estimate of drug-likeness (QED) is 0.887. The zero-order chi connectivity index (χ0) is 15.7. The van der Waals surface area contributed by atoms with Crippen LogP contribution in [0.5, 0.6) is 0 Å². The molecule has 6 heteroatoms. The van der Waals surface area contributed by atoms with Crippen LogP contribution in [-0.2, 0) is 0 Å². The molecule has 1 aromatic rings. The summed E-state index contributed by atoms with van der Waals surface area (Å²) in [7, 11) is 0. The highest BCUT2D eigenvalue weighted by Crippen LogP contribution is 2.38. The molecule has 0 unspecified atom stereocenters. The fraction of sp³-hybridized carbons (Fsp3) is 0.562. The number of piperidine rings is 1. The van der Waals surface area contributed by atoms with E-state index < -0.39 is 0 Å². The minimum absolute atomic E-state index is 0.249. The zero-order valence-corrected chi connectivity index (χ0v) is 14.3. The molecule has 0 saturated carbocycles. The van der Waals surface area contributed by atoms with E-state index in [0.29, 0.717) is 10.0 Å². The molecule has 3 N–H and O–H groups in total. The predicted molar refractivity (Wildman–Crippen MR) is 94.2 cm³/mol. The summed E-state index contributed by atoms with van der Waals surface area (Å²) in [6.45, 7) is 5.83. The smallest absolute Gasteiger partial charge is 0.0729 e. The zero-order valence-electron chi connectivity index (χ0n) is 12.8. The van der Waals surface area contributed by atoms with Crippen LogP contribution in [0.2, 0.25) is 10.0 Å². The van der Waals surface area contributed by atoms with Gasteiger partial charge >= 0.3 is 0 Å². The molecule has 120 valence electrons. The molecule has 0 bridgehead atoms. The van der Waals surface area contributed by atoms with E-state index >= 15 is 0 Å². The van der Waals surface area contributed by atoms with E-state index in [0.717, 1.165) is 62.4 Å². The van der Waals surface area contributed by atoms with Gasteiger partial charge in [0.2, 0.25) is 0 Å². The summed E-state index contributed by atoms with van der Waals surface area (Å²) in [5.74, 6) is 0. The highest BCUT2D eigenvalue weighted by molar-refractivity contribution is 6.44. The Bertz CT molecular complexity index is 592. The number of benzene rings is 1. The Labute approximate surface area is 141 Å². The second-order valence-electron chi connectivity index (χ2n) is 6.47. The first-order valence-electron chi connectivity index (χ1n) is 7.77. The van der Waals surface area contributed by atoms with Crippen LogP contribution in [0, 0.1) is 5.41 Å². The average Bonchev–Trinajstić information content (AvgIpc) is 3.05. The molecule has 4 nitrogen and oxygen atoms in total. The Balaban J connectivity index is 1.93. The number of anilines is 1. The largest absolute Gasteiger partial charge is 0.371 e. The van der Waals surface area contributed by atoms with Gasteiger partial charge in [-0.05, 0) is 36.9 Å². The standard InChI is InChI=1S/C16H22Cl2N4/c1-16(10-19)5-8-22(9-6-16)13-3-2-11(17)15(18)14(13)12-4-7-20-21-12/h2-3,20H,4-10,19H2,1H3. The molecule has 22 heavy (non-hydrogen) atoms. The summed E-state index contributed by atoms with van der Waals surface area (Å²) in [4.78, 5) is 2.38. The van der Waals surface area contributed by atoms with Crippen molar-refractivity contribution in [2.24, 2.45) is 16.3 Å². The number of nitrogens with zero attached hydrogens (tertiary/aromatic N) is 2. The summed E-state index contributed by atoms with van der Waals surface area (Å²) in [5.41, 5.74) is 12.3. The molecular weight excluding hydrogens is 319 g/mol. The molecule has 0 aromatic heterocycles. The van der Waals surface area contributed by atoms with Crippen LogP contribution in [0.15, 0.2) is 17.2 Å². The van der Waals surface area contributed by atoms with Crippen molar-refractivity contribution >= 4 is 34.6 Å². The lowest BCUT2D eigenvalue weighted by Crippen LogP contribution is -2.42. The van der Waals surface area contributed by atoms with Gasteiger partial charge in [0.25, 0.3) is 0 Å².